The summed E-state index contributed by atoms with van der Waals surface area (Å²) in [7, 11) is 0. The summed E-state index contributed by atoms with van der Waals surface area (Å²) in [5, 5.41) is 8.17. The monoisotopic (exact) mass is 353 g/mol. The predicted octanol–water partition coefficient (Wildman–Crippen LogP) is 4.01. The highest BCUT2D eigenvalue weighted by Crippen LogP contribution is 2.40. The number of benzene rings is 1. The zero-order chi connectivity index (χ0) is 17.4. The lowest BCUT2D eigenvalue weighted by atomic mass is 10.1. The van der Waals surface area contributed by atoms with Gasteiger partial charge in [0, 0.05) is 31.8 Å². The minimum absolute atomic E-state index is 0.120. The van der Waals surface area contributed by atoms with E-state index >= 15 is 0 Å². The van der Waals surface area contributed by atoms with Crippen LogP contribution >= 0.6 is 0 Å². The molecular weight excluding hydrogens is 335 g/mol. The highest BCUT2D eigenvalue weighted by atomic mass is 19.4. The number of ether oxygens (including phenoxy) is 1. The Hall–Kier alpha value is -2.25. The zero-order valence-electron chi connectivity index (χ0n) is 13.5. The van der Waals surface area contributed by atoms with Gasteiger partial charge in [-0.3, -0.25) is 0 Å². The van der Waals surface area contributed by atoms with Crippen LogP contribution in [0.2, 0.25) is 0 Å². The Morgan fingerprint density at radius 1 is 1.08 bits per heavy atom. The normalized spacial score (nSPS) is 19.2. The Balaban J connectivity index is 1.34. The molecule has 1 aromatic heterocycles. The van der Waals surface area contributed by atoms with Crippen LogP contribution in [0.15, 0.2) is 28.7 Å². The summed E-state index contributed by atoms with van der Waals surface area (Å²) in [4.78, 5) is 2.00. The molecule has 8 heteroatoms. The van der Waals surface area contributed by atoms with Crippen LogP contribution in [0, 0.1) is 0 Å². The molecule has 0 bridgehead atoms. The molecule has 4 rings (SSSR count). The molecule has 1 aliphatic carbocycles. The standard InChI is InChI=1S/C17H18F3N3O2/c18-17(19,20)12-2-1-3-14(10-12)24-13-6-8-23(9-7-13)16-22-21-15(25-16)11-4-5-11/h1-3,10-11,13H,4-9H2. The van der Waals surface area contributed by atoms with Crippen molar-refractivity contribution in [2.45, 2.75) is 43.9 Å². The van der Waals surface area contributed by atoms with Crippen LogP contribution in [-0.2, 0) is 6.18 Å². The maximum absolute atomic E-state index is 12.8. The van der Waals surface area contributed by atoms with E-state index in [4.69, 9.17) is 9.15 Å². The SMILES string of the molecule is FC(F)(F)c1cccc(OC2CCN(c3nnc(C4CC4)o3)CC2)c1. The van der Waals surface area contributed by atoms with Crippen molar-refractivity contribution in [2.24, 2.45) is 0 Å². The molecule has 2 aliphatic rings. The Bertz CT molecular complexity index is 735. The predicted molar refractivity (Wildman–Crippen MR) is 83.6 cm³/mol. The van der Waals surface area contributed by atoms with Gasteiger partial charge in [-0.25, -0.2) is 0 Å². The number of rotatable bonds is 4. The molecule has 0 unspecified atom stereocenters. The molecular formula is C17H18F3N3O2. The fraction of sp³-hybridized carbons (Fsp3) is 0.529. The van der Waals surface area contributed by atoms with Gasteiger partial charge in [-0.15, -0.1) is 5.10 Å². The Morgan fingerprint density at radius 2 is 1.84 bits per heavy atom. The molecule has 0 N–H and O–H groups in total. The lowest BCUT2D eigenvalue weighted by Gasteiger charge is -2.30. The van der Waals surface area contributed by atoms with E-state index in [9.17, 15) is 13.2 Å². The molecule has 1 aliphatic heterocycles. The van der Waals surface area contributed by atoms with Gasteiger partial charge in [-0.05, 0) is 31.0 Å². The molecule has 5 nitrogen and oxygen atoms in total. The van der Waals surface area contributed by atoms with Gasteiger partial charge >= 0.3 is 12.2 Å². The summed E-state index contributed by atoms with van der Waals surface area (Å²) in [6.45, 7) is 1.35. The van der Waals surface area contributed by atoms with Crippen molar-refractivity contribution in [3.8, 4) is 5.75 Å². The van der Waals surface area contributed by atoms with E-state index in [1.807, 2.05) is 4.90 Å². The molecule has 0 amide bonds. The van der Waals surface area contributed by atoms with E-state index < -0.39 is 11.7 Å². The summed E-state index contributed by atoms with van der Waals surface area (Å²) in [6, 6.07) is 5.54. The van der Waals surface area contributed by atoms with Crippen LogP contribution in [0.25, 0.3) is 0 Å². The quantitative estimate of drug-likeness (QED) is 0.831. The second kappa shape index (κ2) is 6.24. The number of alkyl halides is 3. The van der Waals surface area contributed by atoms with E-state index in [-0.39, 0.29) is 11.9 Å². The molecule has 2 fully saturated rings. The third kappa shape index (κ3) is 3.72. The Kier molecular flexibility index (Phi) is 4.05. The van der Waals surface area contributed by atoms with Gasteiger partial charge in [0.25, 0.3) is 0 Å². The van der Waals surface area contributed by atoms with Crippen molar-refractivity contribution in [3.63, 3.8) is 0 Å². The fourth-order valence-corrected chi connectivity index (χ4v) is 2.95. The second-order valence-corrected chi connectivity index (χ2v) is 6.53. The molecule has 0 atom stereocenters. The molecule has 1 aromatic carbocycles. The Morgan fingerprint density at radius 3 is 2.52 bits per heavy atom. The van der Waals surface area contributed by atoms with Crippen molar-refractivity contribution in [1.82, 2.24) is 10.2 Å². The van der Waals surface area contributed by atoms with Gasteiger partial charge in [0.2, 0.25) is 5.89 Å². The van der Waals surface area contributed by atoms with Crippen molar-refractivity contribution >= 4 is 6.01 Å². The third-order valence-electron chi connectivity index (χ3n) is 4.53. The van der Waals surface area contributed by atoms with Gasteiger partial charge in [-0.1, -0.05) is 11.2 Å². The highest BCUT2D eigenvalue weighted by molar-refractivity contribution is 5.31. The molecule has 134 valence electrons. The first-order valence-electron chi connectivity index (χ1n) is 8.41. The van der Waals surface area contributed by atoms with Gasteiger partial charge in [0.05, 0.1) is 5.56 Å². The summed E-state index contributed by atoms with van der Waals surface area (Å²) in [5.41, 5.74) is -0.694. The van der Waals surface area contributed by atoms with E-state index in [2.05, 4.69) is 10.2 Å². The summed E-state index contributed by atoms with van der Waals surface area (Å²) >= 11 is 0. The van der Waals surface area contributed by atoms with Gasteiger partial charge < -0.3 is 14.1 Å². The van der Waals surface area contributed by atoms with Crippen molar-refractivity contribution < 1.29 is 22.3 Å². The first-order chi connectivity index (χ1) is 12.0. The lowest BCUT2D eigenvalue weighted by Crippen LogP contribution is -2.38. The van der Waals surface area contributed by atoms with Crippen molar-refractivity contribution in [2.75, 3.05) is 18.0 Å². The number of halogens is 3. The average Bonchev–Trinajstić information content (AvgIpc) is 3.32. The van der Waals surface area contributed by atoms with E-state index in [1.54, 1.807) is 6.07 Å². The maximum atomic E-state index is 12.8. The van der Waals surface area contributed by atoms with E-state index in [0.29, 0.717) is 43.8 Å². The molecule has 0 radical (unpaired) electrons. The van der Waals surface area contributed by atoms with E-state index in [1.165, 1.54) is 6.07 Å². The first-order valence-corrected chi connectivity index (χ1v) is 8.41. The smallest absolute Gasteiger partial charge is 0.416 e. The van der Waals surface area contributed by atoms with Crippen LogP contribution in [0.4, 0.5) is 19.2 Å². The van der Waals surface area contributed by atoms with Crippen LogP contribution in [-0.4, -0.2) is 29.4 Å². The van der Waals surface area contributed by atoms with Crippen LogP contribution in [0.5, 0.6) is 5.75 Å². The van der Waals surface area contributed by atoms with Crippen molar-refractivity contribution in [3.05, 3.63) is 35.7 Å². The number of hydrogen-bond donors (Lipinski definition) is 0. The largest absolute Gasteiger partial charge is 0.490 e. The van der Waals surface area contributed by atoms with Crippen LogP contribution in [0.3, 0.4) is 0 Å². The molecule has 1 saturated heterocycles. The number of aromatic nitrogens is 2. The third-order valence-corrected chi connectivity index (χ3v) is 4.53. The molecule has 0 spiro atoms. The maximum Gasteiger partial charge on any atom is 0.416 e. The second-order valence-electron chi connectivity index (χ2n) is 6.53. The number of piperidine rings is 1. The molecule has 2 heterocycles. The topological polar surface area (TPSA) is 51.4 Å². The number of hydrogen-bond acceptors (Lipinski definition) is 5. The summed E-state index contributed by atoms with van der Waals surface area (Å²) in [5.74, 6) is 1.38. The molecule has 2 aromatic rings. The van der Waals surface area contributed by atoms with Crippen LogP contribution in [0.1, 0.15) is 43.1 Å². The minimum Gasteiger partial charge on any atom is -0.490 e. The molecule has 1 saturated carbocycles. The van der Waals surface area contributed by atoms with E-state index in [0.717, 1.165) is 25.0 Å². The summed E-state index contributed by atoms with van der Waals surface area (Å²) in [6.07, 6.45) is -0.886. The Labute approximate surface area is 142 Å². The van der Waals surface area contributed by atoms with Crippen molar-refractivity contribution in [1.29, 1.82) is 0 Å². The first kappa shape index (κ1) is 16.2. The lowest BCUT2D eigenvalue weighted by molar-refractivity contribution is -0.137. The van der Waals surface area contributed by atoms with Gasteiger partial charge in [-0.2, -0.15) is 13.2 Å². The molecule has 25 heavy (non-hydrogen) atoms. The van der Waals surface area contributed by atoms with Crippen LogP contribution < -0.4 is 9.64 Å². The van der Waals surface area contributed by atoms with Gasteiger partial charge in [0.1, 0.15) is 11.9 Å². The zero-order valence-corrected chi connectivity index (χ0v) is 13.5. The average molecular weight is 353 g/mol. The summed E-state index contributed by atoms with van der Waals surface area (Å²) < 4.78 is 49.7. The van der Waals surface area contributed by atoms with Gasteiger partial charge in [0.15, 0.2) is 0 Å². The highest BCUT2D eigenvalue weighted by Gasteiger charge is 2.32. The number of anilines is 1. The number of nitrogens with zero attached hydrogens (tertiary/aromatic N) is 3. The minimum atomic E-state index is -4.36. The fourth-order valence-electron chi connectivity index (χ4n) is 2.95.